The highest BCUT2D eigenvalue weighted by Gasteiger charge is 2.41. The lowest BCUT2D eigenvalue weighted by atomic mass is 10.3. The van der Waals surface area contributed by atoms with Crippen molar-refractivity contribution in [2.24, 2.45) is 0 Å². The Morgan fingerprint density at radius 1 is 1.31 bits per heavy atom. The summed E-state index contributed by atoms with van der Waals surface area (Å²) < 4.78 is 65.9. The van der Waals surface area contributed by atoms with Crippen molar-refractivity contribution in [2.75, 3.05) is 6.61 Å². The zero-order valence-electron chi connectivity index (χ0n) is 7.69. The molecule has 16 heavy (non-hydrogen) atoms. The minimum atomic E-state index is -4.21. The Morgan fingerprint density at radius 2 is 1.94 bits per heavy atom. The number of ether oxygens (including phenoxy) is 1. The molecule has 1 nitrogen and oxygen atoms in total. The van der Waals surface area contributed by atoms with Crippen molar-refractivity contribution < 1.29 is 26.7 Å². The highest BCUT2D eigenvalue weighted by molar-refractivity contribution is 14.1. The van der Waals surface area contributed by atoms with E-state index in [1.807, 2.05) is 0 Å². The summed E-state index contributed by atoms with van der Waals surface area (Å²) in [6.45, 7) is -1.44. The average molecular weight is 352 g/mol. The molecule has 0 spiro atoms. The lowest BCUT2D eigenvalue weighted by molar-refractivity contribution is -0.148. The zero-order chi connectivity index (χ0) is 12.3. The number of halogens is 6. The number of benzene rings is 1. The summed E-state index contributed by atoms with van der Waals surface area (Å²) in [5.41, 5.74) is 0. The van der Waals surface area contributed by atoms with Gasteiger partial charge < -0.3 is 4.74 Å². The van der Waals surface area contributed by atoms with E-state index in [1.54, 1.807) is 22.6 Å². The van der Waals surface area contributed by atoms with E-state index in [9.17, 15) is 22.0 Å². The summed E-state index contributed by atoms with van der Waals surface area (Å²) in [6.07, 6.45) is -3.79. The van der Waals surface area contributed by atoms with Crippen LogP contribution in [0.1, 0.15) is 0 Å². The van der Waals surface area contributed by atoms with Crippen molar-refractivity contribution in [3.05, 3.63) is 27.6 Å². The third kappa shape index (κ3) is 3.46. The van der Waals surface area contributed by atoms with Gasteiger partial charge in [-0.1, -0.05) is 0 Å². The largest absolute Gasteiger partial charge is 0.486 e. The van der Waals surface area contributed by atoms with Crippen LogP contribution in [0.25, 0.3) is 0 Å². The van der Waals surface area contributed by atoms with Gasteiger partial charge in [-0.25, -0.2) is 13.2 Å². The van der Waals surface area contributed by atoms with Crippen LogP contribution in [-0.4, -0.2) is 19.0 Å². The van der Waals surface area contributed by atoms with Gasteiger partial charge in [-0.15, -0.1) is 0 Å². The summed E-state index contributed by atoms with van der Waals surface area (Å²) in [5, 5.41) is 0. The van der Waals surface area contributed by atoms with Crippen LogP contribution < -0.4 is 4.74 Å². The van der Waals surface area contributed by atoms with Crippen molar-refractivity contribution in [1.82, 2.24) is 0 Å². The lowest BCUT2D eigenvalue weighted by Gasteiger charge is -2.16. The van der Waals surface area contributed by atoms with E-state index >= 15 is 0 Å². The normalized spacial score (nSPS) is 11.9. The number of hydrogen-bond acceptors (Lipinski definition) is 1. The Labute approximate surface area is 102 Å². The number of rotatable bonds is 4. The Kier molecular flexibility index (Phi) is 4.34. The van der Waals surface area contributed by atoms with E-state index < -0.39 is 24.8 Å². The molecule has 0 radical (unpaired) electrons. The Hall–Kier alpha value is -0.600. The lowest BCUT2D eigenvalue weighted by Crippen LogP contribution is -2.33. The van der Waals surface area contributed by atoms with Gasteiger partial charge in [-0.2, -0.15) is 8.78 Å². The van der Waals surface area contributed by atoms with Crippen molar-refractivity contribution in [3.63, 3.8) is 0 Å². The first-order valence-electron chi connectivity index (χ1n) is 4.07. The van der Waals surface area contributed by atoms with Crippen LogP contribution in [0.5, 0.6) is 5.75 Å². The van der Waals surface area contributed by atoms with Gasteiger partial charge >= 0.3 is 12.3 Å². The molecule has 0 fully saturated rings. The molecular weight excluding hydrogens is 346 g/mol. The maximum atomic E-state index is 12.6. The average Bonchev–Trinajstić information content (AvgIpc) is 2.16. The van der Waals surface area contributed by atoms with E-state index in [-0.39, 0.29) is 9.32 Å². The van der Waals surface area contributed by atoms with Gasteiger partial charge in [-0.3, -0.25) is 0 Å². The Bertz CT molecular complexity index is 369. The highest BCUT2D eigenvalue weighted by atomic mass is 127. The Balaban J connectivity index is 2.68. The standard InChI is InChI=1S/C9H6F5IO/c10-5-1-2-7(6(15)3-5)16-4-9(13,14)8(11)12/h1-3,8H,4H2. The van der Waals surface area contributed by atoms with Crippen LogP contribution in [-0.2, 0) is 0 Å². The highest BCUT2D eigenvalue weighted by Crippen LogP contribution is 2.27. The van der Waals surface area contributed by atoms with E-state index in [4.69, 9.17) is 0 Å². The second-order valence-corrected chi connectivity index (χ2v) is 4.09. The SMILES string of the molecule is Fc1ccc(OCC(F)(F)C(F)F)c(I)c1. The first-order chi connectivity index (χ1) is 7.33. The van der Waals surface area contributed by atoms with Gasteiger partial charge in [0.2, 0.25) is 0 Å². The molecule has 1 rings (SSSR count). The van der Waals surface area contributed by atoms with Gasteiger partial charge in [0, 0.05) is 0 Å². The molecule has 0 amide bonds. The summed E-state index contributed by atoms with van der Waals surface area (Å²) >= 11 is 1.66. The number of alkyl halides is 4. The van der Waals surface area contributed by atoms with E-state index in [0.29, 0.717) is 0 Å². The molecule has 0 bridgehead atoms. The minimum Gasteiger partial charge on any atom is -0.486 e. The molecule has 1 aromatic carbocycles. The fourth-order valence-corrected chi connectivity index (χ4v) is 1.46. The van der Waals surface area contributed by atoms with E-state index in [1.165, 1.54) is 0 Å². The summed E-state index contributed by atoms with van der Waals surface area (Å²) in [6, 6.07) is 3.16. The molecule has 0 saturated carbocycles. The van der Waals surface area contributed by atoms with Crippen molar-refractivity contribution in [3.8, 4) is 5.75 Å². The molecule has 90 valence electrons. The predicted octanol–water partition coefficient (Wildman–Crippen LogP) is 3.71. The van der Waals surface area contributed by atoms with Crippen LogP contribution in [0.3, 0.4) is 0 Å². The smallest absolute Gasteiger partial charge is 0.340 e. The molecule has 0 aliphatic heterocycles. The molecule has 0 aliphatic carbocycles. The van der Waals surface area contributed by atoms with Crippen molar-refractivity contribution >= 4 is 22.6 Å². The molecule has 0 aromatic heterocycles. The molecule has 0 atom stereocenters. The summed E-state index contributed by atoms with van der Waals surface area (Å²) in [7, 11) is 0. The molecule has 0 aliphatic rings. The second-order valence-electron chi connectivity index (χ2n) is 2.93. The molecule has 1 aromatic rings. The molecule has 0 saturated heterocycles. The maximum absolute atomic E-state index is 12.6. The van der Waals surface area contributed by atoms with Gasteiger partial charge in [0.1, 0.15) is 11.6 Å². The first-order valence-corrected chi connectivity index (χ1v) is 5.14. The van der Waals surface area contributed by atoms with Crippen LogP contribution >= 0.6 is 22.6 Å². The fourth-order valence-electron chi connectivity index (χ4n) is 0.829. The van der Waals surface area contributed by atoms with Crippen LogP contribution in [0.15, 0.2) is 18.2 Å². The fraction of sp³-hybridized carbons (Fsp3) is 0.333. The third-order valence-electron chi connectivity index (χ3n) is 1.63. The van der Waals surface area contributed by atoms with Crippen LogP contribution in [0.4, 0.5) is 22.0 Å². The topological polar surface area (TPSA) is 9.23 Å². The minimum absolute atomic E-state index is 0.0534. The quantitative estimate of drug-likeness (QED) is 0.593. The van der Waals surface area contributed by atoms with E-state index in [2.05, 4.69) is 4.74 Å². The van der Waals surface area contributed by atoms with Crippen LogP contribution in [0, 0.1) is 9.39 Å². The zero-order valence-corrected chi connectivity index (χ0v) is 9.85. The monoisotopic (exact) mass is 352 g/mol. The molecule has 0 heterocycles. The predicted molar refractivity (Wildman–Crippen MR) is 55.6 cm³/mol. The van der Waals surface area contributed by atoms with Crippen LogP contribution in [0.2, 0.25) is 0 Å². The van der Waals surface area contributed by atoms with Crippen molar-refractivity contribution in [1.29, 1.82) is 0 Å². The Morgan fingerprint density at radius 3 is 2.44 bits per heavy atom. The number of hydrogen-bond donors (Lipinski definition) is 0. The van der Waals surface area contributed by atoms with Gasteiger partial charge in [-0.05, 0) is 40.8 Å². The summed E-state index contributed by atoms with van der Waals surface area (Å²) in [5.74, 6) is -4.82. The maximum Gasteiger partial charge on any atom is 0.340 e. The molecule has 7 heteroatoms. The molecule has 0 N–H and O–H groups in total. The second kappa shape index (κ2) is 5.15. The van der Waals surface area contributed by atoms with E-state index in [0.717, 1.165) is 18.2 Å². The third-order valence-corrected chi connectivity index (χ3v) is 2.48. The van der Waals surface area contributed by atoms with Gasteiger partial charge in [0.05, 0.1) is 3.57 Å². The first kappa shape index (κ1) is 13.5. The van der Waals surface area contributed by atoms with Gasteiger partial charge in [0.25, 0.3) is 0 Å². The van der Waals surface area contributed by atoms with Crippen molar-refractivity contribution in [2.45, 2.75) is 12.3 Å². The molecular formula is C9H6F5IO. The summed E-state index contributed by atoms with van der Waals surface area (Å²) in [4.78, 5) is 0. The van der Waals surface area contributed by atoms with Gasteiger partial charge in [0.15, 0.2) is 6.61 Å². The molecule has 0 unspecified atom stereocenters.